The standard InChI is InChI=1S/C23H25Cl2N3O2/c1-14-21(23(30)26-17-5-3-2-4-6-17)27-28(20-12-9-16(24)13-19(20)25)22(14)15-7-10-18(29)11-8-15/h7-14,17,22,29H,2-6H2,1H3,(H,26,30)/t14-,22+/m0/s1. The van der Waals surface area contributed by atoms with Gasteiger partial charge in [0.2, 0.25) is 0 Å². The van der Waals surface area contributed by atoms with Gasteiger partial charge < -0.3 is 10.4 Å². The Balaban J connectivity index is 1.68. The number of phenolic OH excluding ortho intramolecular Hbond substituents is 1. The molecular formula is C23H25Cl2N3O2. The third-order valence-corrected chi connectivity index (χ3v) is 6.49. The van der Waals surface area contributed by atoms with Crippen molar-refractivity contribution in [2.45, 2.75) is 51.1 Å². The lowest BCUT2D eigenvalue weighted by Gasteiger charge is -2.28. The number of aromatic hydroxyl groups is 1. The van der Waals surface area contributed by atoms with Crippen LogP contribution in [0.4, 0.5) is 5.69 Å². The first kappa shape index (κ1) is 21.0. The van der Waals surface area contributed by atoms with E-state index in [1.165, 1.54) is 6.42 Å². The second-order valence-electron chi connectivity index (χ2n) is 8.06. The van der Waals surface area contributed by atoms with Gasteiger partial charge in [-0.1, -0.05) is 61.5 Å². The maximum Gasteiger partial charge on any atom is 0.268 e. The van der Waals surface area contributed by atoms with Crippen molar-refractivity contribution in [3.63, 3.8) is 0 Å². The molecule has 0 bridgehead atoms. The summed E-state index contributed by atoms with van der Waals surface area (Å²) in [6.07, 6.45) is 5.56. The van der Waals surface area contributed by atoms with E-state index >= 15 is 0 Å². The van der Waals surface area contributed by atoms with Crippen LogP contribution in [0.1, 0.15) is 50.6 Å². The van der Waals surface area contributed by atoms with Crippen molar-refractivity contribution in [2.24, 2.45) is 11.0 Å². The molecule has 1 fully saturated rings. The van der Waals surface area contributed by atoms with Gasteiger partial charge in [0.1, 0.15) is 11.5 Å². The highest BCUT2D eigenvalue weighted by molar-refractivity contribution is 6.41. The van der Waals surface area contributed by atoms with Gasteiger partial charge >= 0.3 is 0 Å². The second kappa shape index (κ2) is 8.86. The minimum absolute atomic E-state index is 0.120. The minimum atomic E-state index is -0.226. The number of hydrazone groups is 1. The molecule has 0 aromatic heterocycles. The molecule has 1 saturated carbocycles. The van der Waals surface area contributed by atoms with Crippen molar-refractivity contribution in [3.05, 3.63) is 58.1 Å². The number of nitrogens with one attached hydrogen (secondary N) is 1. The van der Waals surface area contributed by atoms with Crippen LogP contribution in [0.3, 0.4) is 0 Å². The van der Waals surface area contributed by atoms with Gasteiger partial charge in [-0.15, -0.1) is 0 Å². The van der Waals surface area contributed by atoms with E-state index in [2.05, 4.69) is 5.32 Å². The van der Waals surface area contributed by atoms with Crippen LogP contribution in [0.5, 0.6) is 5.75 Å². The summed E-state index contributed by atoms with van der Waals surface area (Å²) >= 11 is 12.6. The third kappa shape index (κ3) is 4.28. The molecule has 2 N–H and O–H groups in total. The van der Waals surface area contributed by atoms with E-state index in [0.717, 1.165) is 31.2 Å². The van der Waals surface area contributed by atoms with Crippen molar-refractivity contribution in [1.29, 1.82) is 0 Å². The molecule has 0 spiro atoms. The van der Waals surface area contributed by atoms with Crippen LogP contribution in [-0.2, 0) is 4.79 Å². The predicted molar refractivity (Wildman–Crippen MR) is 121 cm³/mol. The van der Waals surface area contributed by atoms with Gasteiger partial charge in [0.25, 0.3) is 5.91 Å². The Bertz CT molecular complexity index is 955. The maximum absolute atomic E-state index is 13.1. The maximum atomic E-state index is 13.1. The lowest BCUT2D eigenvalue weighted by atomic mass is 9.90. The summed E-state index contributed by atoms with van der Waals surface area (Å²) in [6.45, 7) is 2.00. The number of amides is 1. The molecule has 0 unspecified atom stereocenters. The molecule has 30 heavy (non-hydrogen) atoms. The predicted octanol–water partition coefficient (Wildman–Crippen LogP) is 5.70. The zero-order valence-electron chi connectivity index (χ0n) is 16.8. The Morgan fingerprint density at radius 1 is 1.10 bits per heavy atom. The molecule has 158 valence electrons. The zero-order chi connectivity index (χ0) is 21.3. The first-order valence-electron chi connectivity index (χ1n) is 10.4. The molecule has 2 aromatic rings. The molecule has 1 aliphatic heterocycles. The van der Waals surface area contributed by atoms with E-state index in [0.29, 0.717) is 21.4 Å². The molecule has 0 radical (unpaired) electrons. The average molecular weight is 446 g/mol. The fraction of sp³-hybridized carbons (Fsp3) is 0.391. The molecule has 2 aromatic carbocycles. The van der Waals surface area contributed by atoms with E-state index < -0.39 is 0 Å². The number of anilines is 1. The molecule has 1 heterocycles. The summed E-state index contributed by atoms with van der Waals surface area (Å²) in [7, 11) is 0. The number of hydrogen-bond donors (Lipinski definition) is 2. The number of benzene rings is 2. The molecule has 5 nitrogen and oxygen atoms in total. The van der Waals surface area contributed by atoms with E-state index in [-0.39, 0.29) is 29.7 Å². The summed E-state index contributed by atoms with van der Waals surface area (Å²) in [5.74, 6) is -0.0905. The van der Waals surface area contributed by atoms with Crippen LogP contribution >= 0.6 is 23.2 Å². The largest absolute Gasteiger partial charge is 0.508 e. The fourth-order valence-corrected chi connectivity index (χ4v) is 4.86. The number of rotatable bonds is 4. The average Bonchev–Trinajstić information content (AvgIpc) is 3.06. The Morgan fingerprint density at radius 3 is 2.47 bits per heavy atom. The third-order valence-electron chi connectivity index (χ3n) is 5.95. The number of halogens is 2. The summed E-state index contributed by atoms with van der Waals surface area (Å²) in [4.78, 5) is 13.1. The quantitative estimate of drug-likeness (QED) is 0.633. The van der Waals surface area contributed by atoms with Crippen molar-refractivity contribution < 1.29 is 9.90 Å². The monoisotopic (exact) mass is 445 g/mol. The Kier molecular flexibility index (Phi) is 6.21. The molecule has 0 saturated heterocycles. The van der Waals surface area contributed by atoms with Gasteiger partial charge in [0.15, 0.2) is 0 Å². The lowest BCUT2D eigenvalue weighted by Crippen LogP contribution is -2.41. The van der Waals surface area contributed by atoms with Crippen LogP contribution in [0.15, 0.2) is 47.6 Å². The van der Waals surface area contributed by atoms with Gasteiger partial charge in [0.05, 0.1) is 16.8 Å². The van der Waals surface area contributed by atoms with Crippen molar-refractivity contribution in [1.82, 2.24) is 5.32 Å². The van der Waals surface area contributed by atoms with E-state index in [1.54, 1.807) is 29.3 Å². The minimum Gasteiger partial charge on any atom is -0.508 e. The highest BCUT2D eigenvalue weighted by atomic mass is 35.5. The summed E-state index contributed by atoms with van der Waals surface area (Å²) in [6, 6.07) is 12.2. The molecular weight excluding hydrogens is 421 g/mol. The Hall–Kier alpha value is -2.24. The highest BCUT2D eigenvalue weighted by Gasteiger charge is 2.40. The van der Waals surface area contributed by atoms with Gasteiger partial charge in [0, 0.05) is 17.0 Å². The topological polar surface area (TPSA) is 64.9 Å². The molecule has 4 rings (SSSR count). The number of carbonyl (C=O) groups is 1. The number of nitrogens with zero attached hydrogens (tertiary/aromatic N) is 2. The Morgan fingerprint density at radius 2 is 1.80 bits per heavy atom. The molecule has 1 amide bonds. The van der Waals surface area contributed by atoms with Crippen molar-refractivity contribution >= 4 is 40.5 Å². The lowest BCUT2D eigenvalue weighted by molar-refractivity contribution is -0.115. The second-order valence-corrected chi connectivity index (χ2v) is 8.90. The van der Waals surface area contributed by atoms with E-state index in [9.17, 15) is 9.90 Å². The summed E-state index contributed by atoms with van der Waals surface area (Å²) in [5, 5.41) is 20.4. The SMILES string of the molecule is C[C@H]1C(C(=O)NC2CCCCC2)=NN(c2ccc(Cl)cc2Cl)[C@H]1c1ccc(O)cc1. The van der Waals surface area contributed by atoms with E-state index in [4.69, 9.17) is 28.3 Å². The number of phenols is 1. The van der Waals surface area contributed by atoms with Crippen molar-refractivity contribution in [3.8, 4) is 5.75 Å². The smallest absolute Gasteiger partial charge is 0.268 e. The first-order valence-corrected chi connectivity index (χ1v) is 11.1. The number of hydrogen-bond acceptors (Lipinski definition) is 4. The first-order chi connectivity index (χ1) is 14.4. The van der Waals surface area contributed by atoms with Crippen LogP contribution in [0.2, 0.25) is 10.0 Å². The molecule has 2 aliphatic rings. The molecule has 2 atom stereocenters. The van der Waals surface area contributed by atoms with E-state index in [1.807, 2.05) is 25.1 Å². The fourth-order valence-electron chi connectivity index (χ4n) is 4.36. The van der Waals surface area contributed by atoms with Gasteiger partial charge in [-0.05, 0) is 48.7 Å². The van der Waals surface area contributed by atoms with Gasteiger partial charge in [-0.3, -0.25) is 9.80 Å². The highest BCUT2D eigenvalue weighted by Crippen LogP contribution is 2.42. The summed E-state index contributed by atoms with van der Waals surface area (Å²) < 4.78 is 0. The van der Waals surface area contributed by atoms with Gasteiger partial charge in [-0.25, -0.2) is 0 Å². The molecule has 1 aliphatic carbocycles. The van der Waals surface area contributed by atoms with Crippen LogP contribution in [0, 0.1) is 5.92 Å². The summed E-state index contributed by atoms with van der Waals surface area (Å²) in [5.41, 5.74) is 2.12. The molecule has 7 heteroatoms. The zero-order valence-corrected chi connectivity index (χ0v) is 18.3. The van der Waals surface area contributed by atoms with Crippen molar-refractivity contribution in [2.75, 3.05) is 5.01 Å². The Labute approximate surface area is 186 Å². The van der Waals surface area contributed by atoms with Crippen LogP contribution in [0.25, 0.3) is 0 Å². The van der Waals surface area contributed by atoms with Crippen LogP contribution in [-0.4, -0.2) is 22.8 Å². The van der Waals surface area contributed by atoms with Gasteiger partial charge in [-0.2, -0.15) is 5.10 Å². The van der Waals surface area contributed by atoms with Crippen LogP contribution < -0.4 is 10.3 Å². The number of carbonyl (C=O) groups excluding carboxylic acids is 1. The normalized spacial score (nSPS) is 22.1.